The van der Waals surface area contributed by atoms with Crippen molar-refractivity contribution in [2.24, 2.45) is 0 Å². The van der Waals surface area contributed by atoms with Crippen molar-refractivity contribution in [1.29, 1.82) is 0 Å². The second kappa shape index (κ2) is 12.0. The molecule has 0 amide bonds. The Kier molecular flexibility index (Phi) is 9.65. The molecule has 0 fully saturated rings. The number of esters is 1. The van der Waals surface area contributed by atoms with Crippen LogP contribution in [0.5, 0.6) is 17.2 Å². The lowest BCUT2D eigenvalue weighted by Gasteiger charge is -2.21. The summed E-state index contributed by atoms with van der Waals surface area (Å²) in [5, 5.41) is 11.1. The van der Waals surface area contributed by atoms with E-state index in [0.717, 1.165) is 31.4 Å². The van der Waals surface area contributed by atoms with Gasteiger partial charge < -0.3 is 28.4 Å². The molecule has 2 aromatic rings. The van der Waals surface area contributed by atoms with E-state index < -0.39 is 52.9 Å². The predicted octanol–water partition coefficient (Wildman–Crippen LogP) is 5.31. The Labute approximate surface area is 202 Å². The molecule has 14 heteroatoms. The number of benzene rings is 2. The van der Waals surface area contributed by atoms with Gasteiger partial charge in [0.05, 0.1) is 15.5 Å². The number of ether oxygens (including phenoxy) is 6. The molecule has 0 aliphatic heterocycles. The molecule has 0 heterocycles. The fourth-order valence-electron chi connectivity index (χ4n) is 2.57. The number of nitrogens with zero attached hydrogens (tertiary/aromatic N) is 1. The number of carbonyl (C=O) groups is 1. The molecule has 0 saturated carbocycles. The topological polar surface area (TPSA) is 116 Å². The van der Waals surface area contributed by atoms with Gasteiger partial charge in [0.2, 0.25) is 12.0 Å². The molecule has 0 aliphatic rings. The number of methoxy groups -OCH3 is 2. The number of nitro groups is 1. The summed E-state index contributed by atoms with van der Waals surface area (Å²) in [6, 6.07) is 5.63. The molecule has 0 aromatic heterocycles. The lowest BCUT2D eigenvalue weighted by molar-refractivity contribution is -0.386. The molecule has 2 aromatic carbocycles. The van der Waals surface area contributed by atoms with E-state index in [2.05, 4.69) is 0 Å². The van der Waals surface area contributed by atoms with Crippen molar-refractivity contribution in [3.8, 4) is 17.2 Å². The highest BCUT2D eigenvalue weighted by Gasteiger charge is 2.31. The summed E-state index contributed by atoms with van der Waals surface area (Å²) < 4.78 is 69.4. The molecule has 0 saturated heterocycles. The number of hydrogen-bond donors (Lipinski definition) is 0. The quantitative estimate of drug-likeness (QED) is 0.167. The summed E-state index contributed by atoms with van der Waals surface area (Å²) in [5.74, 6) is -1.74. The minimum absolute atomic E-state index is 0.0823. The summed E-state index contributed by atoms with van der Waals surface area (Å²) in [6.45, 7) is 2.97. The first-order chi connectivity index (χ1) is 16.3. The second-order valence-corrected chi connectivity index (χ2v) is 7.17. The van der Waals surface area contributed by atoms with Crippen molar-refractivity contribution in [2.45, 2.75) is 38.9 Å². The van der Waals surface area contributed by atoms with E-state index in [0.29, 0.717) is 6.07 Å². The normalized spacial score (nSPS) is 14.1. The first-order valence-electron chi connectivity index (χ1n) is 9.77. The van der Waals surface area contributed by atoms with Crippen LogP contribution < -0.4 is 9.47 Å². The Morgan fingerprint density at radius 3 is 2.26 bits per heavy atom. The van der Waals surface area contributed by atoms with E-state index >= 15 is 0 Å². The van der Waals surface area contributed by atoms with Gasteiger partial charge in [0.15, 0.2) is 6.29 Å². The van der Waals surface area contributed by atoms with E-state index in [-0.39, 0.29) is 16.5 Å². The van der Waals surface area contributed by atoms with Crippen LogP contribution in [0.3, 0.4) is 0 Å². The van der Waals surface area contributed by atoms with E-state index in [1.807, 2.05) is 0 Å². The molecule has 10 nitrogen and oxygen atoms in total. The third-order valence-corrected chi connectivity index (χ3v) is 4.55. The number of nitro benzene ring substituents is 1. The number of halogens is 4. The van der Waals surface area contributed by atoms with Gasteiger partial charge in [0.1, 0.15) is 11.5 Å². The molecular weight excluding hydrogens is 503 g/mol. The van der Waals surface area contributed by atoms with Crippen LogP contribution in [0.2, 0.25) is 5.02 Å². The predicted molar refractivity (Wildman–Crippen MR) is 114 cm³/mol. The van der Waals surface area contributed by atoms with Crippen molar-refractivity contribution in [2.75, 3.05) is 14.2 Å². The van der Waals surface area contributed by atoms with Gasteiger partial charge in [-0.05, 0) is 38.1 Å². The zero-order valence-electron chi connectivity index (χ0n) is 18.8. The number of carbonyl (C=O) groups excluding carboxylic acids is 1. The molecule has 3 atom stereocenters. The number of rotatable bonds is 11. The lowest BCUT2D eigenvalue weighted by Crippen LogP contribution is -2.35. The van der Waals surface area contributed by atoms with Crippen LogP contribution in [0, 0.1) is 10.1 Å². The van der Waals surface area contributed by atoms with Crippen molar-refractivity contribution < 1.29 is 51.3 Å². The van der Waals surface area contributed by atoms with Crippen molar-refractivity contribution >= 4 is 23.3 Å². The maximum atomic E-state index is 12.8. The monoisotopic (exact) mass is 523 g/mol. The average molecular weight is 524 g/mol. The van der Waals surface area contributed by atoms with Gasteiger partial charge in [-0.15, -0.1) is 0 Å². The largest absolute Gasteiger partial charge is 0.456 e. The summed E-state index contributed by atoms with van der Waals surface area (Å²) in [5.41, 5.74) is -1.54. The van der Waals surface area contributed by atoms with E-state index in [9.17, 15) is 28.1 Å². The zero-order chi connectivity index (χ0) is 26.3. The Morgan fingerprint density at radius 1 is 1.03 bits per heavy atom. The van der Waals surface area contributed by atoms with Gasteiger partial charge >= 0.3 is 17.8 Å². The van der Waals surface area contributed by atoms with Crippen LogP contribution in [-0.2, 0) is 29.9 Å². The number of alkyl halides is 3. The SMILES string of the molecule is COC(C)OC(C)OC(=O)C(OC)Oc1cc(Oc2ccc(C(F)(F)F)cc2Cl)ccc1[N+](=O)[O-]. The fraction of sp³-hybridized carbons (Fsp3) is 0.381. The molecule has 0 bridgehead atoms. The molecular formula is C21H21ClF3NO9. The molecule has 2 rings (SSSR count). The summed E-state index contributed by atoms with van der Waals surface area (Å²) in [4.78, 5) is 23.0. The van der Waals surface area contributed by atoms with Crippen LogP contribution in [-0.4, -0.2) is 44.0 Å². The maximum Gasteiger partial charge on any atom is 0.416 e. The Bertz CT molecular complexity index is 1050. The van der Waals surface area contributed by atoms with Crippen molar-refractivity contribution in [3.63, 3.8) is 0 Å². The van der Waals surface area contributed by atoms with Gasteiger partial charge in [-0.1, -0.05) is 11.6 Å². The minimum Gasteiger partial charge on any atom is -0.456 e. The second-order valence-electron chi connectivity index (χ2n) is 6.76. The standard InChI is InChI=1S/C21H21ClF3NO9/c1-11(30-3)32-12(2)33-19(27)20(31-4)35-18-10-14(6-7-16(18)26(28)29)34-17-8-5-13(9-15(17)22)21(23,24)25/h5-12,20H,1-4H3. The first-order valence-corrected chi connectivity index (χ1v) is 10.1. The van der Waals surface area contributed by atoms with E-state index in [4.69, 9.17) is 40.0 Å². The van der Waals surface area contributed by atoms with E-state index in [1.165, 1.54) is 20.1 Å². The highest BCUT2D eigenvalue weighted by Crippen LogP contribution is 2.38. The van der Waals surface area contributed by atoms with Crippen molar-refractivity contribution in [3.05, 3.63) is 57.1 Å². The molecule has 3 unspecified atom stereocenters. The molecule has 0 aliphatic carbocycles. The minimum atomic E-state index is -4.61. The highest BCUT2D eigenvalue weighted by atomic mass is 35.5. The van der Waals surface area contributed by atoms with Crippen molar-refractivity contribution in [1.82, 2.24) is 0 Å². The summed E-state index contributed by atoms with van der Waals surface area (Å²) >= 11 is 5.88. The lowest BCUT2D eigenvalue weighted by atomic mass is 10.2. The molecule has 0 radical (unpaired) electrons. The Morgan fingerprint density at radius 2 is 1.71 bits per heavy atom. The van der Waals surface area contributed by atoms with Crippen LogP contribution in [0.1, 0.15) is 19.4 Å². The van der Waals surface area contributed by atoms with Crippen LogP contribution in [0.25, 0.3) is 0 Å². The maximum absolute atomic E-state index is 12.8. The first kappa shape index (κ1) is 28.1. The smallest absolute Gasteiger partial charge is 0.416 e. The van der Waals surface area contributed by atoms with Gasteiger partial charge in [-0.3, -0.25) is 10.1 Å². The zero-order valence-corrected chi connectivity index (χ0v) is 19.6. The third-order valence-electron chi connectivity index (χ3n) is 4.25. The molecule has 0 N–H and O–H groups in total. The fourth-order valence-corrected chi connectivity index (χ4v) is 2.79. The van der Waals surface area contributed by atoms with Crippen LogP contribution in [0.15, 0.2) is 36.4 Å². The van der Waals surface area contributed by atoms with Gasteiger partial charge in [0.25, 0.3) is 6.29 Å². The summed E-state index contributed by atoms with van der Waals surface area (Å²) in [7, 11) is 2.48. The molecule has 0 spiro atoms. The van der Waals surface area contributed by atoms with E-state index in [1.54, 1.807) is 6.92 Å². The molecule has 35 heavy (non-hydrogen) atoms. The molecule has 192 valence electrons. The van der Waals surface area contributed by atoms with Gasteiger partial charge in [-0.2, -0.15) is 13.2 Å². The van der Waals surface area contributed by atoms with Gasteiger partial charge in [0, 0.05) is 26.4 Å². The van der Waals surface area contributed by atoms with Crippen LogP contribution >= 0.6 is 11.6 Å². The third kappa shape index (κ3) is 7.96. The number of hydrogen-bond acceptors (Lipinski definition) is 9. The summed E-state index contributed by atoms with van der Waals surface area (Å²) in [6.07, 6.45) is -8.09. The van der Waals surface area contributed by atoms with Crippen LogP contribution in [0.4, 0.5) is 18.9 Å². The Hall–Kier alpha value is -3.13. The highest BCUT2D eigenvalue weighted by molar-refractivity contribution is 6.32. The Balaban J connectivity index is 2.25. The van der Waals surface area contributed by atoms with Gasteiger partial charge in [-0.25, -0.2) is 4.79 Å². The average Bonchev–Trinajstić information content (AvgIpc) is 2.77.